The Balaban J connectivity index is 2.40. The smallest absolute Gasteiger partial charge is 0.247 e. The Morgan fingerprint density at radius 2 is 1.95 bits per heavy atom. The molecule has 3 atom stereocenters. The van der Waals surface area contributed by atoms with Crippen molar-refractivity contribution in [1.82, 2.24) is 10.2 Å². The SMILES string of the molecule is CCCCCCCC(=O)N(CCOC)C1CC(C(=O)NCCO)=CC(Oc2c(I)cc(C=O)cc2OC)C1O. The van der Waals surface area contributed by atoms with E-state index in [1.54, 1.807) is 24.2 Å². The van der Waals surface area contributed by atoms with Gasteiger partial charge in [-0.25, -0.2) is 0 Å². The van der Waals surface area contributed by atoms with Crippen molar-refractivity contribution in [2.45, 2.75) is 70.1 Å². The molecule has 1 aromatic carbocycles. The first kappa shape index (κ1) is 33.0. The summed E-state index contributed by atoms with van der Waals surface area (Å²) in [6.45, 7) is 2.50. The Labute approximate surface area is 244 Å². The number of hydrogen-bond acceptors (Lipinski definition) is 8. The summed E-state index contributed by atoms with van der Waals surface area (Å²) in [5.41, 5.74) is 0.737. The van der Waals surface area contributed by atoms with E-state index in [2.05, 4.69) is 12.2 Å². The summed E-state index contributed by atoms with van der Waals surface area (Å²) < 4.78 is 17.5. The van der Waals surface area contributed by atoms with E-state index in [1.165, 1.54) is 13.2 Å². The monoisotopic (exact) mass is 660 g/mol. The number of nitrogens with one attached hydrogen (secondary N) is 1. The first-order valence-electron chi connectivity index (χ1n) is 13.4. The van der Waals surface area contributed by atoms with Crippen LogP contribution in [0.5, 0.6) is 11.5 Å². The van der Waals surface area contributed by atoms with Gasteiger partial charge in [0.15, 0.2) is 11.5 Å². The fraction of sp³-hybridized carbons (Fsp3) is 0.607. The van der Waals surface area contributed by atoms with Crippen LogP contribution in [-0.4, -0.2) is 92.0 Å². The predicted molar refractivity (Wildman–Crippen MR) is 155 cm³/mol. The van der Waals surface area contributed by atoms with Crippen LogP contribution in [0.4, 0.5) is 0 Å². The highest BCUT2D eigenvalue weighted by Crippen LogP contribution is 2.37. The van der Waals surface area contributed by atoms with E-state index in [0.717, 1.165) is 32.1 Å². The average molecular weight is 661 g/mol. The Morgan fingerprint density at radius 3 is 2.59 bits per heavy atom. The van der Waals surface area contributed by atoms with Crippen LogP contribution < -0.4 is 14.8 Å². The van der Waals surface area contributed by atoms with Gasteiger partial charge in [0.25, 0.3) is 0 Å². The van der Waals surface area contributed by atoms with E-state index < -0.39 is 24.2 Å². The van der Waals surface area contributed by atoms with Crippen molar-refractivity contribution in [3.8, 4) is 11.5 Å². The minimum absolute atomic E-state index is 0.0673. The van der Waals surface area contributed by atoms with Crippen LogP contribution in [0.25, 0.3) is 0 Å². The number of nitrogens with zero attached hydrogens (tertiary/aromatic N) is 1. The number of unbranched alkanes of at least 4 members (excludes halogenated alkanes) is 4. The number of hydrogen-bond donors (Lipinski definition) is 3. The lowest BCUT2D eigenvalue weighted by atomic mass is 9.88. The van der Waals surface area contributed by atoms with Crippen molar-refractivity contribution in [2.24, 2.45) is 0 Å². The maximum Gasteiger partial charge on any atom is 0.247 e. The van der Waals surface area contributed by atoms with Crippen LogP contribution in [0, 0.1) is 3.57 Å². The lowest BCUT2D eigenvalue weighted by molar-refractivity contribution is -0.139. The number of carbonyl (C=O) groups excluding carboxylic acids is 3. The Hall–Kier alpha value is -2.22. The minimum atomic E-state index is -1.16. The van der Waals surface area contributed by atoms with Gasteiger partial charge in [-0.2, -0.15) is 0 Å². The highest BCUT2D eigenvalue weighted by molar-refractivity contribution is 14.1. The van der Waals surface area contributed by atoms with Gasteiger partial charge in [0.2, 0.25) is 11.8 Å². The number of aliphatic hydroxyl groups is 2. The molecule has 0 saturated carbocycles. The van der Waals surface area contributed by atoms with Gasteiger partial charge in [-0.05, 0) is 47.2 Å². The molecule has 0 bridgehead atoms. The maximum absolute atomic E-state index is 13.4. The van der Waals surface area contributed by atoms with Crippen LogP contribution in [0.2, 0.25) is 0 Å². The van der Waals surface area contributed by atoms with Crippen LogP contribution in [0.1, 0.15) is 62.2 Å². The lowest BCUT2D eigenvalue weighted by Crippen LogP contribution is -2.55. The summed E-state index contributed by atoms with van der Waals surface area (Å²) in [6, 6.07) is 2.41. The van der Waals surface area contributed by atoms with Gasteiger partial charge in [0, 0.05) is 44.2 Å². The molecule has 0 saturated heterocycles. The molecule has 10 nitrogen and oxygen atoms in total. The summed E-state index contributed by atoms with van der Waals surface area (Å²) in [5, 5.41) is 23.3. The molecular weight excluding hydrogens is 619 g/mol. The number of halogens is 1. The van der Waals surface area contributed by atoms with E-state index in [0.29, 0.717) is 38.9 Å². The molecule has 1 aliphatic carbocycles. The van der Waals surface area contributed by atoms with Crippen LogP contribution in [-0.2, 0) is 14.3 Å². The molecule has 0 spiro atoms. The maximum atomic E-state index is 13.4. The number of rotatable bonds is 17. The van der Waals surface area contributed by atoms with Gasteiger partial charge in [-0.3, -0.25) is 14.4 Å². The van der Waals surface area contributed by atoms with E-state index in [-0.39, 0.29) is 38.6 Å². The molecule has 11 heteroatoms. The number of benzene rings is 1. The van der Waals surface area contributed by atoms with Crippen molar-refractivity contribution >= 4 is 40.7 Å². The molecule has 1 aliphatic rings. The first-order valence-corrected chi connectivity index (χ1v) is 14.4. The van der Waals surface area contributed by atoms with Gasteiger partial charge in [0.05, 0.1) is 29.9 Å². The van der Waals surface area contributed by atoms with Crippen LogP contribution >= 0.6 is 22.6 Å². The summed E-state index contributed by atoms with van der Waals surface area (Å²) in [5.74, 6) is 0.0833. The molecule has 1 aromatic rings. The van der Waals surface area contributed by atoms with E-state index in [9.17, 15) is 24.6 Å². The third-order valence-electron chi connectivity index (χ3n) is 6.61. The standard InChI is InChI=1S/C28H41IN2O8/c1-4-5-6-7-8-9-25(34)31(11-13-37-2)22-16-20(28(36)30-10-12-32)17-23(26(22)35)39-27-21(29)14-19(18-33)15-24(27)38-3/h14-15,17-18,22-23,26,32,35H,4-13,16H2,1-3H3,(H,30,36). The molecule has 0 radical (unpaired) electrons. The third kappa shape index (κ3) is 9.73. The highest BCUT2D eigenvalue weighted by atomic mass is 127. The zero-order valence-electron chi connectivity index (χ0n) is 23.0. The molecule has 0 heterocycles. The Kier molecular flexibility index (Phi) is 14.8. The molecule has 2 rings (SSSR count). The Bertz CT molecular complexity index is 987. The average Bonchev–Trinajstić information content (AvgIpc) is 2.93. The fourth-order valence-corrected chi connectivity index (χ4v) is 5.28. The van der Waals surface area contributed by atoms with Gasteiger partial charge in [-0.15, -0.1) is 0 Å². The second-order valence-corrected chi connectivity index (χ2v) is 10.6. The van der Waals surface area contributed by atoms with Crippen LogP contribution in [0.15, 0.2) is 23.8 Å². The topological polar surface area (TPSA) is 135 Å². The van der Waals surface area contributed by atoms with Crippen molar-refractivity contribution in [1.29, 1.82) is 0 Å². The number of aldehydes is 1. The number of carbonyl (C=O) groups is 3. The van der Waals surface area contributed by atoms with Gasteiger partial charge < -0.3 is 34.6 Å². The predicted octanol–water partition coefficient (Wildman–Crippen LogP) is 2.86. The van der Waals surface area contributed by atoms with Crippen molar-refractivity contribution in [2.75, 3.05) is 40.5 Å². The van der Waals surface area contributed by atoms with Crippen molar-refractivity contribution in [3.63, 3.8) is 0 Å². The fourth-order valence-electron chi connectivity index (χ4n) is 4.53. The largest absolute Gasteiger partial charge is 0.493 e. The Morgan fingerprint density at radius 1 is 1.21 bits per heavy atom. The molecule has 218 valence electrons. The number of ether oxygens (including phenoxy) is 3. The zero-order valence-corrected chi connectivity index (χ0v) is 25.1. The molecular formula is C28H41IN2O8. The van der Waals surface area contributed by atoms with Gasteiger partial charge in [0.1, 0.15) is 18.5 Å². The van der Waals surface area contributed by atoms with Crippen LogP contribution in [0.3, 0.4) is 0 Å². The van der Waals surface area contributed by atoms with E-state index >= 15 is 0 Å². The number of amides is 2. The third-order valence-corrected chi connectivity index (χ3v) is 7.41. The van der Waals surface area contributed by atoms with Crippen molar-refractivity contribution in [3.05, 3.63) is 32.9 Å². The summed E-state index contributed by atoms with van der Waals surface area (Å²) in [4.78, 5) is 39.2. The zero-order chi connectivity index (χ0) is 28.8. The van der Waals surface area contributed by atoms with E-state index in [4.69, 9.17) is 14.2 Å². The normalized spacial score (nSPS) is 18.7. The second kappa shape index (κ2) is 17.5. The quantitative estimate of drug-likeness (QED) is 0.132. The van der Waals surface area contributed by atoms with Gasteiger partial charge in [-0.1, -0.05) is 32.6 Å². The summed E-state index contributed by atoms with van der Waals surface area (Å²) in [6.07, 6.45) is 5.50. The minimum Gasteiger partial charge on any atom is -0.493 e. The summed E-state index contributed by atoms with van der Waals surface area (Å²) in [7, 11) is 2.99. The second-order valence-electron chi connectivity index (χ2n) is 9.41. The van der Waals surface area contributed by atoms with Crippen molar-refractivity contribution < 1.29 is 38.8 Å². The molecule has 0 aliphatic heterocycles. The molecule has 0 fully saturated rings. The molecule has 3 unspecified atom stereocenters. The summed E-state index contributed by atoms with van der Waals surface area (Å²) >= 11 is 2.02. The first-order chi connectivity index (χ1) is 18.8. The molecule has 3 N–H and O–H groups in total. The molecule has 39 heavy (non-hydrogen) atoms. The number of aliphatic hydroxyl groups excluding tert-OH is 2. The molecule has 0 aromatic heterocycles. The van der Waals surface area contributed by atoms with E-state index in [1.807, 2.05) is 22.6 Å². The van der Waals surface area contributed by atoms with Gasteiger partial charge >= 0.3 is 0 Å². The lowest BCUT2D eigenvalue weighted by Gasteiger charge is -2.40. The number of methoxy groups -OCH3 is 2. The molecule has 2 amide bonds. The highest BCUT2D eigenvalue weighted by Gasteiger charge is 2.40.